The van der Waals surface area contributed by atoms with E-state index < -0.39 is 0 Å². The van der Waals surface area contributed by atoms with Gasteiger partial charge in [0.2, 0.25) is 0 Å². The number of hydrogen-bond acceptors (Lipinski definition) is 2. The minimum absolute atomic E-state index is 0.481. The quantitative estimate of drug-likeness (QED) is 0.649. The van der Waals surface area contributed by atoms with Crippen molar-refractivity contribution in [3.05, 3.63) is 12.3 Å². The van der Waals surface area contributed by atoms with Crippen LogP contribution in [0, 0.1) is 17.2 Å². The van der Waals surface area contributed by atoms with E-state index in [1.807, 2.05) is 0 Å². The van der Waals surface area contributed by atoms with Crippen LogP contribution in [-0.2, 0) is 0 Å². The van der Waals surface area contributed by atoms with Gasteiger partial charge < -0.3 is 4.90 Å². The second kappa shape index (κ2) is 4.91. The zero-order chi connectivity index (χ0) is 9.68. The van der Waals surface area contributed by atoms with Crippen molar-refractivity contribution in [3.8, 4) is 6.07 Å². The van der Waals surface area contributed by atoms with Gasteiger partial charge in [0.25, 0.3) is 0 Å². The number of allylic oxidation sites excluding steroid dienone is 1. The van der Waals surface area contributed by atoms with Crippen LogP contribution in [0.3, 0.4) is 0 Å². The number of nitriles is 1. The molecule has 0 aromatic carbocycles. The summed E-state index contributed by atoms with van der Waals surface area (Å²) in [5.41, 5.74) is 0.997. The Kier molecular flexibility index (Phi) is 3.82. The first-order chi connectivity index (χ1) is 6.24. The summed E-state index contributed by atoms with van der Waals surface area (Å²) < 4.78 is 0. The molecule has 0 amide bonds. The molecule has 72 valence electrons. The molecule has 0 aromatic heterocycles. The lowest BCUT2D eigenvalue weighted by molar-refractivity contribution is 0.349. The molecule has 0 spiro atoms. The molecule has 1 aliphatic heterocycles. The van der Waals surface area contributed by atoms with Crippen LogP contribution in [0.5, 0.6) is 0 Å². The van der Waals surface area contributed by atoms with E-state index in [4.69, 9.17) is 5.26 Å². The van der Waals surface area contributed by atoms with E-state index in [0.717, 1.165) is 24.7 Å². The Morgan fingerprint density at radius 1 is 1.54 bits per heavy atom. The first-order valence-corrected chi connectivity index (χ1v) is 5.03. The van der Waals surface area contributed by atoms with E-state index in [1.54, 1.807) is 0 Å². The SMILES string of the molecule is C=C(CC#N)N1CCCC(C)CC1. The van der Waals surface area contributed by atoms with Gasteiger partial charge in [-0.25, -0.2) is 0 Å². The minimum atomic E-state index is 0.481. The third-order valence-corrected chi connectivity index (χ3v) is 2.75. The van der Waals surface area contributed by atoms with Crippen LogP contribution >= 0.6 is 0 Å². The van der Waals surface area contributed by atoms with E-state index in [1.165, 1.54) is 19.3 Å². The molecule has 0 radical (unpaired) electrons. The number of likely N-dealkylation sites (tertiary alicyclic amines) is 1. The zero-order valence-electron chi connectivity index (χ0n) is 8.42. The molecule has 1 saturated heterocycles. The fraction of sp³-hybridized carbons (Fsp3) is 0.727. The fourth-order valence-corrected chi connectivity index (χ4v) is 1.78. The van der Waals surface area contributed by atoms with Crippen molar-refractivity contribution < 1.29 is 0 Å². The van der Waals surface area contributed by atoms with Crippen molar-refractivity contribution in [2.24, 2.45) is 5.92 Å². The van der Waals surface area contributed by atoms with Gasteiger partial charge in [-0.1, -0.05) is 13.5 Å². The molecule has 1 unspecified atom stereocenters. The molecule has 0 aromatic rings. The fourth-order valence-electron chi connectivity index (χ4n) is 1.78. The Morgan fingerprint density at radius 3 is 3.00 bits per heavy atom. The predicted molar refractivity (Wildman–Crippen MR) is 54.0 cm³/mol. The van der Waals surface area contributed by atoms with Gasteiger partial charge in [-0.05, 0) is 25.2 Å². The van der Waals surface area contributed by atoms with Gasteiger partial charge >= 0.3 is 0 Å². The normalized spacial score (nSPS) is 23.4. The molecule has 1 heterocycles. The average Bonchev–Trinajstić information content (AvgIpc) is 2.30. The predicted octanol–water partition coefficient (Wildman–Crippen LogP) is 2.54. The van der Waals surface area contributed by atoms with Crippen molar-refractivity contribution in [2.45, 2.75) is 32.6 Å². The molecule has 0 N–H and O–H groups in total. The highest BCUT2D eigenvalue weighted by Crippen LogP contribution is 2.19. The molecule has 0 saturated carbocycles. The Hall–Kier alpha value is -0.970. The van der Waals surface area contributed by atoms with Crippen LogP contribution in [0.4, 0.5) is 0 Å². The highest BCUT2D eigenvalue weighted by Gasteiger charge is 2.14. The molecule has 1 aliphatic rings. The molecular formula is C11H18N2. The van der Waals surface area contributed by atoms with E-state index >= 15 is 0 Å². The standard InChI is InChI=1S/C11H18N2/c1-10-4-3-8-13(9-6-10)11(2)5-7-12/h10H,2-6,8-9H2,1H3. The Balaban J connectivity index is 2.42. The van der Waals surface area contributed by atoms with E-state index in [0.29, 0.717) is 6.42 Å². The number of hydrogen-bond donors (Lipinski definition) is 0. The van der Waals surface area contributed by atoms with Crippen molar-refractivity contribution in [3.63, 3.8) is 0 Å². The summed E-state index contributed by atoms with van der Waals surface area (Å²) in [4.78, 5) is 2.27. The molecule has 1 fully saturated rings. The minimum Gasteiger partial charge on any atom is -0.374 e. The molecule has 13 heavy (non-hydrogen) atoms. The summed E-state index contributed by atoms with van der Waals surface area (Å²) >= 11 is 0. The second-order valence-corrected chi connectivity index (χ2v) is 3.92. The van der Waals surface area contributed by atoms with Gasteiger partial charge in [0.15, 0.2) is 0 Å². The van der Waals surface area contributed by atoms with Crippen LogP contribution in [0.2, 0.25) is 0 Å². The molecule has 2 heteroatoms. The first kappa shape index (κ1) is 10.1. The van der Waals surface area contributed by atoms with Crippen LogP contribution in [0.15, 0.2) is 12.3 Å². The summed E-state index contributed by atoms with van der Waals surface area (Å²) in [6, 6.07) is 2.16. The maximum Gasteiger partial charge on any atom is 0.0745 e. The van der Waals surface area contributed by atoms with Gasteiger partial charge in [-0.2, -0.15) is 5.26 Å². The maximum absolute atomic E-state index is 8.55. The van der Waals surface area contributed by atoms with E-state index in [-0.39, 0.29) is 0 Å². The van der Waals surface area contributed by atoms with Crippen molar-refractivity contribution in [1.29, 1.82) is 5.26 Å². The summed E-state index contributed by atoms with van der Waals surface area (Å²) in [7, 11) is 0. The lowest BCUT2D eigenvalue weighted by Crippen LogP contribution is -2.23. The third-order valence-electron chi connectivity index (χ3n) is 2.75. The van der Waals surface area contributed by atoms with Gasteiger partial charge in [-0.3, -0.25) is 0 Å². The Labute approximate surface area is 80.8 Å². The van der Waals surface area contributed by atoms with E-state index in [9.17, 15) is 0 Å². The van der Waals surface area contributed by atoms with Gasteiger partial charge in [0.1, 0.15) is 0 Å². The largest absolute Gasteiger partial charge is 0.374 e. The highest BCUT2D eigenvalue weighted by molar-refractivity contribution is 5.01. The Bertz CT molecular complexity index is 215. The van der Waals surface area contributed by atoms with Crippen molar-refractivity contribution in [1.82, 2.24) is 4.90 Å². The van der Waals surface area contributed by atoms with E-state index in [2.05, 4.69) is 24.5 Å². The maximum atomic E-state index is 8.55. The number of rotatable bonds is 2. The average molecular weight is 178 g/mol. The van der Waals surface area contributed by atoms with Gasteiger partial charge in [0.05, 0.1) is 12.5 Å². The molecule has 2 nitrogen and oxygen atoms in total. The summed E-state index contributed by atoms with van der Waals surface area (Å²) in [5.74, 6) is 0.833. The van der Waals surface area contributed by atoms with Crippen LogP contribution in [0.25, 0.3) is 0 Å². The zero-order valence-corrected chi connectivity index (χ0v) is 8.42. The highest BCUT2D eigenvalue weighted by atomic mass is 15.1. The molecular weight excluding hydrogens is 160 g/mol. The van der Waals surface area contributed by atoms with Crippen LogP contribution < -0.4 is 0 Å². The molecule has 1 rings (SSSR count). The lowest BCUT2D eigenvalue weighted by atomic mass is 10.0. The Morgan fingerprint density at radius 2 is 2.31 bits per heavy atom. The topological polar surface area (TPSA) is 27.0 Å². The lowest BCUT2D eigenvalue weighted by Gasteiger charge is -2.23. The molecule has 0 bridgehead atoms. The van der Waals surface area contributed by atoms with Gasteiger partial charge in [0, 0.05) is 18.8 Å². The number of nitrogens with zero attached hydrogens (tertiary/aromatic N) is 2. The van der Waals surface area contributed by atoms with Crippen LogP contribution in [-0.4, -0.2) is 18.0 Å². The van der Waals surface area contributed by atoms with Crippen LogP contribution in [0.1, 0.15) is 32.6 Å². The first-order valence-electron chi connectivity index (χ1n) is 5.03. The molecule has 0 aliphatic carbocycles. The second-order valence-electron chi connectivity index (χ2n) is 3.92. The van der Waals surface area contributed by atoms with Crippen molar-refractivity contribution in [2.75, 3.05) is 13.1 Å². The smallest absolute Gasteiger partial charge is 0.0745 e. The summed E-state index contributed by atoms with van der Waals surface area (Å²) in [6.45, 7) is 8.41. The summed E-state index contributed by atoms with van der Waals surface area (Å²) in [5, 5.41) is 8.55. The third kappa shape index (κ3) is 3.10. The van der Waals surface area contributed by atoms with Crippen molar-refractivity contribution >= 4 is 0 Å². The van der Waals surface area contributed by atoms with Gasteiger partial charge in [-0.15, -0.1) is 0 Å². The summed E-state index contributed by atoms with van der Waals surface area (Å²) in [6.07, 6.45) is 4.28. The molecule has 1 atom stereocenters. The monoisotopic (exact) mass is 178 g/mol.